The summed E-state index contributed by atoms with van der Waals surface area (Å²) in [5.41, 5.74) is 0.400. The van der Waals surface area contributed by atoms with E-state index in [0.29, 0.717) is 19.5 Å². The van der Waals surface area contributed by atoms with Gasteiger partial charge in [-0.2, -0.15) is 0 Å². The standard InChI is InChI=1S/C21H28N2O4/c1-5-18-13-17(14-22-19(24)27-21(2,3)4)11-12-23(18)20(25)26-15-16-9-7-6-8-10-16/h1,6-10,17-18H,11-15H2,2-4H3,(H,22,24)/t17-,18-/m1/s1. The van der Waals surface area contributed by atoms with Gasteiger partial charge in [-0.15, -0.1) is 6.42 Å². The molecule has 1 aromatic carbocycles. The summed E-state index contributed by atoms with van der Waals surface area (Å²) in [7, 11) is 0. The van der Waals surface area contributed by atoms with E-state index >= 15 is 0 Å². The van der Waals surface area contributed by atoms with Crippen molar-refractivity contribution in [3.05, 3.63) is 35.9 Å². The number of nitrogens with zero attached hydrogens (tertiary/aromatic N) is 1. The third-order valence-corrected chi connectivity index (χ3v) is 4.28. The number of likely N-dealkylation sites (tertiary alicyclic amines) is 1. The first-order valence-corrected chi connectivity index (χ1v) is 9.19. The maximum Gasteiger partial charge on any atom is 0.411 e. The highest BCUT2D eigenvalue weighted by atomic mass is 16.6. The lowest BCUT2D eigenvalue weighted by molar-refractivity contribution is 0.0486. The molecule has 6 heteroatoms. The fraction of sp³-hybridized carbons (Fsp3) is 0.524. The molecule has 1 saturated heterocycles. The van der Waals surface area contributed by atoms with Crippen LogP contribution in [0.2, 0.25) is 0 Å². The van der Waals surface area contributed by atoms with E-state index < -0.39 is 17.8 Å². The topological polar surface area (TPSA) is 67.9 Å². The number of benzene rings is 1. The highest BCUT2D eigenvalue weighted by molar-refractivity contribution is 5.69. The molecule has 0 radical (unpaired) electrons. The Hall–Kier alpha value is -2.68. The van der Waals surface area contributed by atoms with Crippen LogP contribution in [-0.2, 0) is 16.1 Å². The number of nitrogens with one attached hydrogen (secondary N) is 1. The van der Waals surface area contributed by atoms with E-state index in [1.165, 1.54) is 0 Å². The van der Waals surface area contributed by atoms with Crippen LogP contribution >= 0.6 is 0 Å². The van der Waals surface area contributed by atoms with Crippen LogP contribution in [0, 0.1) is 18.3 Å². The van der Waals surface area contributed by atoms with Crippen LogP contribution in [0.4, 0.5) is 9.59 Å². The summed E-state index contributed by atoms with van der Waals surface area (Å²) >= 11 is 0. The van der Waals surface area contributed by atoms with E-state index in [1.54, 1.807) is 4.90 Å². The van der Waals surface area contributed by atoms with Crippen LogP contribution in [0.5, 0.6) is 0 Å². The summed E-state index contributed by atoms with van der Waals surface area (Å²) in [6, 6.07) is 9.18. The van der Waals surface area contributed by atoms with Crippen molar-refractivity contribution in [2.75, 3.05) is 13.1 Å². The van der Waals surface area contributed by atoms with Gasteiger partial charge in [0.1, 0.15) is 12.2 Å². The van der Waals surface area contributed by atoms with Gasteiger partial charge in [-0.3, -0.25) is 4.90 Å². The summed E-state index contributed by atoms with van der Waals surface area (Å²) in [6.07, 6.45) is 6.15. The number of ether oxygens (including phenoxy) is 2. The molecule has 0 aromatic heterocycles. The van der Waals surface area contributed by atoms with Gasteiger partial charge in [0.15, 0.2) is 0 Å². The number of rotatable bonds is 4. The van der Waals surface area contributed by atoms with Crippen LogP contribution < -0.4 is 5.32 Å². The second kappa shape index (κ2) is 9.31. The summed E-state index contributed by atoms with van der Waals surface area (Å²) in [4.78, 5) is 25.8. The fourth-order valence-corrected chi connectivity index (χ4v) is 2.94. The molecule has 27 heavy (non-hydrogen) atoms. The Bertz CT molecular complexity index is 676. The first-order valence-electron chi connectivity index (χ1n) is 9.19. The Morgan fingerprint density at radius 1 is 1.30 bits per heavy atom. The molecule has 1 fully saturated rings. The molecule has 0 unspecified atom stereocenters. The minimum Gasteiger partial charge on any atom is -0.445 e. The molecule has 1 N–H and O–H groups in total. The molecule has 2 amide bonds. The lowest BCUT2D eigenvalue weighted by Gasteiger charge is -2.36. The number of hydrogen-bond donors (Lipinski definition) is 1. The van der Waals surface area contributed by atoms with Gasteiger partial charge >= 0.3 is 12.2 Å². The Kier molecular flexibility index (Phi) is 7.12. The summed E-state index contributed by atoms with van der Waals surface area (Å²) in [5, 5.41) is 2.78. The molecule has 146 valence electrons. The van der Waals surface area contributed by atoms with Crippen molar-refractivity contribution in [3.8, 4) is 12.3 Å². The number of terminal acetylenes is 1. The third-order valence-electron chi connectivity index (χ3n) is 4.28. The van der Waals surface area contributed by atoms with Crippen molar-refractivity contribution in [2.24, 2.45) is 5.92 Å². The highest BCUT2D eigenvalue weighted by Gasteiger charge is 2.32. The zero-order valence-electron chi connectivity index (χ0n) is 16.2. The molecule has 1 aliphatic rings. The van der Waals surface area contributed by atoms with E-state index in [9.17, 15) is 9.59 Å². The van der Waals surface area contributed by atoms with E-state index in [-0.39, 0.29) is 18.6 Å². The second-order valence-electron chi connectivity index (χ2n) is 7.69. The van der Waals surface area contributed by atoms with Crippen LogP contribution in [-0.4, -0.2) is 41.8 Å². The average molecular weight is 372 g/mol. The molecule has 1 heterocycles. The summed E-state index contributed by atoms with van der Waals surface area (Å²) in [5.74, 6) is 2.86. The summed E-state index contributed by atoms with van der Waals surface area (Å²) < 4.78 is 10.6. The predicted molar refractivity (Wildman–Crippen MR) is 103 cm³/mol. The third kappa shape index (κ3) is 6.86. The van der Waals surface area contributed by atoms with Gasteiger partial charge in [-0.05, 0) is 45.1 Å². The molecular weight excluding hydrogens is 344 g/mol. The number of amides is 2. The average Bonchev–Trinajstić information content (AvgIpc) is 2.63. The van der Waals surface area contributed by atoms with Gasteiger partial charge < -0.3 is 14.8 Å². The predicted octanol–water partition coefficient (Wildman–Crippen LogP) is 3.56. The van der Waals surface area contributed by atoms with Gasteiger partial charge in [-0.1, -0.05) is 36.3 Å². The number of hydrogen-bond acceptors (Lipinski definition) is 4. The Labute approximate surface area is 161 Å². The largest absolute Gasteiger partial charge is 0.445 e. The molecule has 2 atom stereocenters. The Morgan fingerprint density at radius 2 is 2.00 bits per heavy atom. The molecule has 0 spiro atoms. The maximum atomic E-state index is 12.4. The molecule has 0 saturated carbocycles. The number of carbonyl (C=O) groups is 2. The summed E-state index contributed by atoms with van der Waals surface area (Å²) in [6.45, 7) is 6.65. The smallest absolute Gasteiger partial charge is 0.411 e. The lowest BCUT2D eigenvalue weighted by atomic mass is 9.91. The molecule has 2 rings (SSSR count). The van der Waals surface area contributed by atoms with Gasteiger partial charge in [0.25, 0.3) is 0 Å². The van der Waals surface area contributed by atoms with Crippen molar-refractivity contribution in [3.63, 3.8) is 0 Å². The maximum absolute atomic E-state index is 12.4. The monoisotopic (exact) mass is 372 g/mol. The Morgan fingerprint density at radius 3 is 2.63 bits per heavy atom. The second-order valence-corrected chi connectivity index (χ2v) is 7.69. The number of piperidine rings is 1. The molecule has 0 aliphatic carbocycles. The fourth-order valence-electron chi connectivity index (χ4n) is 2.94. The Balaban J connectivity index is 1.80. The highest BCUT2D eigenvalue weighted by Crippen LogP contribution is 2.23. The zero-order valence-corrected chi connectivity index (χ0v) is 16.2. The molecular formula is C21H28N2O4. The minimum absolute atomic E-state index is 0.191. The van der Waals surface area contributed by atoms with E-state index in [2.05, 4.69) is 11.2 Å². The number of carbonyl (C=O) groups excluding carboxylic acids is 2. The molecule has 0 bridgehead atoms. The normalized spacial score (nSPS) is 19.7. The first-order chi connectivity index (χ1) is 12.8. The van der Waals surface area contributed by atoms with Crippen LogP contribution in [0.1, 0.15) is 39.2 Å². The van der Waals surface area contributed by atoms with E-state index in [4.69, 9.17) is 15.9 Å². The van der Waals surface area contributed by atoms with Crippen LogP contribution in [0.15, 0.2) is 30.3 Å². The van der Waals surface area contributed by atoms with Crippen molar-refractivity contribution >= 4 is 12.2 Å². The minimum atomic E-state index is -0.530. The molecule has 6 nitrogen and oxygen atoms in total. The van der Waals surface area contributed by atoms with Gasteiger partial charge in [-0.25, -0.2) is 9.59 Å². The zero-order chi connectivity index (χ0) is 19.9. The lowest BCUT2D eigenvalue weighted by Crippen LogP contribution is -2.47. The van der Waals surface area contributed by atoms with Crippen molar-refractivity contribution in [2.45, 2.75) is 51.9 Å². The van der Waals surface area contributed by atoms with Gasteiger partial charge in [0.2, 0.25) is 0 Å². The van der Waals surface area contributed by atoms with Crippen LogP contribution in [0.3, 0.4) is 0 Å². The van der Waals surface area contributed by atoms with Crippen LogP contribution in [0.25, 0.3) is 0 Å². The molecule has 1 aliphatic heterocycles. The number of alkyl carbamates (subject to hydrolysis) is 1. The van der Waals surface area contributed by atoms with Gasteiger partial charge in [0.05, 0.1) is 6.04 Å². The van der Waals surface area contributed by atoms with Crippen molar-refractivity contribution in [1.82, 2.24) is 10.2 Å². The van der Waals surface area contributed by atoms with E-state index in [0.717, 1.165) is 12.0 Å². The first kappa shape index (κ1) is 20.6. The van der Waals surface area contributed by atoms with E-state index in [1.807, 2.05) is 51.1 Å². The van der Waals surface area contributed by atoms with Gasteiger partial charge in [0, 0.05) is 13.1 Å². The van der Waals surface area contributed by atoms with Crippen molar-refractivity contribution in [1.29, 1.82) is 0 Å². The molecule has 1 aromatic rings. The van der Waals surface area contributed by atoms with Crippen molar-refractivity contribution < 1.29 is 19.1 Å². The quantitative estimate of drug-likeness (QED) is 0.821. The SMILES string of the molecule is C#C[C@@H]1C[C@H](CNC(=O)OC(C)(C)C)CCN1C(=O)OCc1ccccc1.